The monoisotopic (exact) mass is 428 g/mol. The first kappa shape index (κ1) is 20.5. The summed E-state index contributed by atoms with van der Waals surface area (Å²) in [6.45, 7) is 3.33. The van der Waals surface area contributed by atoms with Crippen LogP contribution in [-0.2, 0) is 16.4 Å². The van der Waals surface area contributed by atoms with Crippen LogP contribution >= 0.6 is 0 Å². The number of carboxylic acid groups (broad SMARTS) is 1. The second-order valence-corrected chi connectivity index (χ2v) is 7.43. The van der Waals surface area contributed by atoms with Crippen LogP contribution in [0.4, 0.5) is 24.8 Å². The van der Waals surface area contributed by atoms with E-state index in [0.717, 1.165) is 12.3 Å². The largest absolute Gasteiger partial charge is 0.478 e. The van der Waals surface area contributed by atoms with E-state index >= 15 is 0 Å². The summed E-state index contributed by atoms with van der Waals surface area (Å²) in [5.41, 5.74) is -2.61. The molecule has 158 valence electrons. The van der Waals surface area contributed by atoms with Gasteiger partial charge in [-0.05, 0) is 43.7 Å². The number of alkyl halides is 3. The third-order valence-electron chi connectivity index (χ3n) is 5.08. The topological polar surface area (TPSA) is 96.3 Å². The Morgan fingerprint density at radius 2 is 1.84 bits per heavy atom. The van der Waals surface area contributed by atoms with Crippen molar-refractivity contribution in [3.8, 4) is 11.1 Å². The molecule has 0 saturated carbocycles. The van der Waals surface area contributed by atoms with Crippen LogP contribution in [-0.4, -0.2) is 31.9 Å². The molecule has 0 radical (unpaired) electrons. The highest BCUT2D eigenvalue weighted by Crippen LogP contribution is 2.48. The molecule has 4 rings (SSSR count). The first-order valence-corrected chi connectivity index (χ1v) is 9.09. The molecule has 0 fully saturated rings. The van der Waals surface area contributed by atoms with Crippen molar-refractivity contribution in [2.75, 3.05) is 4.90 Å². The zero-order valence-corrected chi connectivity index (χ0v) is 16.3. The number of aromatic nitrogens is 3. The Kier molecular flexibility index (Phi) is 4.53. The molecule has 0 saturated heterocycles. The third-order valence-corrected chi connectivity index (χ3v) is 5.08. The number of hydrogen-bond donors (Lipinski definition) is 1. The van der Waals surface area contributed by atoms with Crippen LogP contribution in [0.3, 0.4) is 0 Å². The molecule has 0 aliphatic carbocycles. The lowest BCUT2D eigenvalue weighted by Crippen LogP contribution is -2.33. The van der Waals surface area contributed by atoms with E-state index in [1.165, 1.54) is 23.4 Å². The lowest BCUT2D eigenvalue weighted by Gasteiger charge is -2.20. The van der Waals surface area contributed by atoms with Gasteiger partial charge in [0.1, 0.15) is 11.6 Å². The number of nitrogens with zero attached hydrogens (tertiary/aromatic N) is 4. The number of halogens is 3. The number of carbonyl (C=O) groups is 2. The maximum absolute atomic E-state index is 13.2. The molecule has 1 N–H and O–H groups in total. The number of carbonyl (C=O) groups excluding carboxylic acids is 1. The van der Waals surface area contributed by atoms with Crippen molar-refractivity contribution in [3.63, 3.8) is 0 Å². The molecule has 10 heteroatoms. The highest BCUT2D eigenvalue weighted by molar-refractivity contribution is 6.12. The molecule has 0 spiro atoms. The van der Waals surface area contributed by atoms with Crippen molar-refractivity contribution >= 4 is 23.5 Å². The van der Waals surface area contributed by atoms with Gasteiger partial charge in [0.05, 0.1) is 11.0 Å². The van der Waals surface area contributed by atoms with E-state index in [1.54, 1.807) is 32.0 Å². The Bertz CT molecular complexity index is 1210. The molecule has 0 bridgehead atoms. The van der Waals surface area contributed by atoms with Crippen molar-refractivity contribution in [1.29, 1.82) is 0 Å². The predicted octanol–water partition coefficient (Wildman–Crippen LogP) is 4.21. The number of fused-ring (bicyclic) bond motifs is 1. The summed E-state index contributed by atoms with van der Waals surface area (Å²) in [7, 11) is 0. The number of pyridine rings is 3. The summed E-state index contributed by atoms with van der Waals surface area (Å²) in [4.78, 5) is 37.9. The SMILES string of the molecule is CC1(C)C(=O)N(c2ccccn2)c2nccc(-c3cnc(C(F)(F)F)c(C(=O)O)c3)c21. The van der Waals surface area contributed by atoms with E-state index in [1.807, 2.05) is 0 Å². The van der Waals surface area contributed by atoms with Crippen molar-refractivity contribution in [2.24, 2.45) is 0 Å². The van der Waals surface area contributed by atoms with Crippen LogP contribution < -0.4 is 4.90 Å². The van der Waals surface area contributed by atoms with Crippen LogP contribution in [0.1, 0.15) is 35.5 Å². The van der Waals surface area contributed by atoms with E-state index in [0.29, 0.717) is 16.9 Å². The van der Waals surface area contributed by atoms with Crippen molar-refractivity contribution in [2.45, 2.75) is 25.4 Å². The Morgan fingerprint density at radius 3 is 2.45 bits per heavy atom. The number of rotatable bonds is 3. The second-order valence-electron chi connectivity index (χ2n) is 7.43. The summed E-state index contributed by atoms with van der Waals surface area (Å²) >= 11 is 0. The van der Waals surface area contributed by atoms with E-state index in [9.17, 15) is 27.9 Å². The lowest BCUT2D eigenvalue weighted by molar-refractivity contribution is -0.141. The molecule has 31 heavy (non-hydrogen) atoms. The first-order chi connectivity index (χ1) is 14.5. The van der Waals surface area contributed by atoms with E-state index in [-0.39, 0.29) is 17.3 Å². The lowest BCUT2D eigenvalue weighted by atomic mass is 9.82. The van der Waals surface area contributed by atoms with Gasteiger partial charge >= 0.3 is 12.1 Å². The minimum absolute atomic E-state index is 0.132. The minimum Gasteiger partial charge on any atom is -0.478 e. The summed E-state index contributed by atoms with van der Waals surface area (Å²) in [6, 6.07) is 7.48. The second kappa shape index (κ2) is 6.86. The van der Waals surface area contributed by atoms with Crippen molar-refractivity contribution in [1.82, 2.24) is 15.0 Å². The van der Waals surface area contributed by atoms with Crippen LogP contribution in [0.25, 0.3) is 11.1 Å². The number of anilines is 2. The van der Waals surface area contributed by atoms with Crippen molar-refractivity contribution in [3.05, 3.63) is 65.7 Å². The summed E-state index contributed by atoms with van der Waals surface area (Å²) in [5, 5.41) is 9.31. The molecule has 1 amide bonds. The third kappa shape index (κ3) is 3.20. The van der Waals surface area contributed by atoms with Gasteiger partial charge in [-0.3, -0.25) is 9.78 Å². The maximum atomic E-state index is 13.2. The first-order valence-electron chi connectivity index (χ1n) is 9.09. The molecule has 0 unspecified atom stereocenters. The van der Waals surface area contributed by atoms with E-state index < -0.39 is 28.8 Å². The molecule has 4 heterocycles. The van der Waals surface area contributed by atoms with Crippen molar-refractivity contribution < 1.29 is 27.9 Å². The fourth-order valence-corrected chi connectivity index (χ4v) is 3.66. The van der Waals surface area contributed by atoms with E-state index in [4.69, 9.17) is 0 Å². The highest BCUT2D eigenvalue weighted by atomic mass is 19.4. The standard InChI is InChI=1S/C21H15F3N4O3/c1-20(2)15-12(11-9-13(18(29)30)16(27-10-11)21(22,23)24)6-8-26-17(15)28(19(20)31)14-5-3-4-7-25-14/h3-10H,1-2H3,(H,29,30). The Labute approximate surface area is 174 Å². The normalized spacial score (nSPS) is 15.1. The van der Waals surface area contributed by atoms with Gasteiger partial charge in [0.2, 0.25) is 5.91 Å². The number of amides is 1. The predicted molar refractivity (Wildman–Crippen MR) is 104 cm³/mol. The fourth-order valence-electron chi connectivity index (χ4n) is 3.66. The van der Waals surface area contributed by atoms with Gasteiger partial charge in [-0.25, -0.2) is 19.7 Å². The van der Waals surface area contributed by atoms with Gasteiger partial charge in [0.25, 0.3) is 0 Å². The van der Waals surface area contributed by atoms with Gasteiger partial charge in [-0.1, -0.05) is 6.07 Å². The molecule has 1 aliphatic heterocycles. The summed E-state index contributed by atoms with van der Waals surface area (Å²) in [6.07, 6.45) is -1.04. The average Bonchev–Trinajstić information content (AvgIpc) is 2.93. The zero-order valence-electron chi connectivity index (χ0n) is 16.3. The molecular weight excluding hydrogens is 413 g/mol. The van der Waals surface area contributed by atoms with Gasteiger partial charge in [0.15, 0.2) is 5.69 Å². The van der Waals surface area contributed by atoms with Gasteiger partial charge < -0.3 is 5.11 Å². The van der Waals surface area contributed by atoms with Gasteiger partial charge in [0, 0.05) is 29.7 Å². The van der Waals surface area contributed by atoms with Crippen LogP contribution in [0.15, 0.2) is 48.9 Å². The van der Waals surface area contributed by atoms with Crippen LogP contribution in [0, 0.1) is 0 Å². The molecular formula is C21H15F3N4O3. The Hall–Kier alpha value is -3.82. The molecule has 7 nitrogen and oxygen atoms in total. The van der Waals surface area contributed by atoms with Gasteiger partial charge in [-0.15, -0.1) is 0 Å². The Balaban J connectivity index is 1.95. The highest BCUT2D eigenvalue weighted by Gasteiger charge is 2.48. The summed E-state index contributed by atoms with van der Waals surface area (Å²) in [5.74, 6) is -1.44. The fraction of sp³-hybridized carbons (Fsp3) is 0.190. The molecule has 3 aromatic heterocycles. The smallest absolute Gasteiger partial charge is 0.434 e. The molecule has 3 aromatic rings. The van der Waals surface area contributed by atoms with Crippen LogP contribution in [0.2, 0.25) is 0 Å². The summed E-state index contributed by atoms with van der Waals surface area (Å²) < 4.78 is 39.5. The van der Waals surface area contributed by atoms with E-state index in [2.05, 4.69) is 15.0 Å². The molecule has 1 aliphatic rings. The number of hydrogen-bond acceptors (Lipinski definition) is 5. The van der Waals surface area contributed by atoms with Crippen LogP contribution in [0.5, 0.6) is 0 Å². The average molecular weight is 428 g/mol. The zero-order chi connectivity index (χ0) is 22.6. The van der Waals surface area contributed by atoms with Gasteiger partial charge in [-0.2, -0.15) is 13.2 Å². The molecule has 0 aromatic carbocycles. The quantitative estimate of drug-likeness (QED) is 0.671. The minimum atomic E-state index is -4.92. The Morgan fingerprint density at radius 1 is 1.10 bits per heavy atom. The maximum Gasteiger partial charge on any atom is 0.434 e. The molecule has 0 atom stereocenters. The number of carboxylic acids is 1. The number of aromatic carboxylic acids is 1.